The lowest BCUT2D eigenvalue weighted by Crippen LogP contribution is -2.34. The van der Waals surface area contributed by atoms with Crippen molar-refractivity contribution < 1.29 is 32.2 Å². The van der Waals surface area contributed by atoms with Gasteiger partial charge in [-0.25, -0.2) is 9.59 Å². The highest BCUT2D eigenvalue weighted by Crippen LogP contribution is 2.32. The monoisotopic (exact) mass is 342 g/mol. The van der Waals surface area contributed by atoms with Gasteiger partial charge in [-0.15, -0.1) is 0 Å². The minimum absolute atomic E-state index is 0.139. The van der Waals surface area contributed by atoms with Crippen molar-refractivity contribution in [1.29, 1.82) is 0 Å². The van der Waals surface area contributed by atoms with Gasteiger partial charge in [0.2, 0.25) is 6.10 Å². The van der Waals surface area contributed by atoms with E-state index in [-0.39, 0.29) is 12.2 Å². The maximum absolute atomic E-state index is 12.7. The Balaban J connectivity index is 2.16. The van der Waals surface area contributed by atoms with Crippen molar-refractivity contribution >= 4 is 17.5 Å². The van der Waals surface area contributed by atoms with Crippen molar-refractivity contribution in [2.45, 2.75) is 33.1 Å². The van der Waals surface area contributed by atoms with E-state index >= 15 is 0 Å². The highest BCUT2D eigenvalue weighted by atomic mass is 19.4. The molecule has 1 aliphatic rings. The number of allylic oxidation sites excluding steroid dienone is 1. The molecule has 2 rings (SSSR count). The van der Waals surface area contributed by atoms with E-state index in [1.807, 2.05) is 0 Å². The number of benzene rings is 1. The molecule has 0 saturated carbocycles. The summed E-state index contributed by atoms with van der Waals surface area (Å²) in [7, 11) is 0. The smallest absolute Gasteiger partial charge is 0.416 e. The first kappa shape index (κ1) is 18.0. The first-order chi connectivity index (χ1) is 11.0. The number of carbonyl (C=O) groups is 2. The van der Waals surface area contributed by atoms with Crippen molar-refractivity contribution in [3.8, 4) is 0 Å². The SMILES string of the molecule is C/C(=C\C(=O)O[C@H]1C(=O)OCC1(C)C)c1cccc(C(F)(F)F)c1. The summed E-state index contributed by atoms with van der Waals surface area (Å²) in [5, 5.41) is 0. The molecule has 1 aromatic rings. The van der Waals surface area contributed by atoms with Crippen LogP contribution in [0.3, 0.4) is 0 Å². The number of carbonyl (C=O) groups excluding carboxylic acids is 2. The second kappa shape index (κ2) is 6.30. The summed E-state index contributed by atoms with van der Waals surface area (Å²) in [5.74, 6) is -1.43. The number of ether oxygens (including phenoxy) is 2. The predicted molar refractivity (Wildman–Crippen MR) is 79.7 cm³/mol. The van der Waals surface area contributed by atoms with E-state index in [1.165, 1.54) is 19.1 Å². The molecule has 0 N–H and O–H groups in total. The molecule has 0 unspecified atom stereocenters. The fraction of sp³-hybridized carbons (Fsp3) is 0.412. The number of halogens is 3. The summed E-state index contributed by atoms with van der Waals surface area (Å²) in [6.45, 7) is 5.08. The molecule has 24 heavy (non-hydrogen) atoms. The number of esters is 2. The van der Waals surface area contributed by atoms with Crippen LogP contribution in [0.1, 0.15) is 31.9 Å². The molecule has 1 aliphatic heterocycles. The van der Waals surface area contributed by atoms with Crippen LogP contribution in [0.25, 0.3) is 5.57 Å². The van der Waals surface area contributed by atoms with E-state index in [9.17, 15) is 22.8 Å². The van der Waals surface area contributed by atoms with E-state index in [4.69, 9.17) is 9.47 Å². The minimum Gasteiger partial charge on any atom is -0.462 e. The van der Waals surface area contributed by atoms with Gasteiger partial charge in [-0.2, -0.15) is 13.2 Å². The Kier molecular flexibility index (Phi) is 4.73. The van der Waals surface area contributed by atoms with Gasteiger partial charge in [0.05, 0.1) is 5.56 Å². The molecule has 0 radical (unpaired) electrons. The van der Waals surface area contributed by atoms with E-state index in [2.05, 4.69) is 0 Å². The maximum atomic E-state index is 12.7. The highest BCUT2D eigenvalue weighted by molar-refractivity contribution is 5.93. The van der Waals surface area contributed by atoms with Crippen LogP contribution in [0.15, 0.2) is 30.3 Å². The van der Waals surface area contributed by atoms with Gasteiger partial charge in [0, 0.05) is 11.5 Å². The van der Waals surface area contributed by atoms with Crippen LogP contribution >= 0.6 is 0 Å². The number of hydrogen-bond acceptors (Lipinski definition) is 4. The zero-order chi connectivity index (χ0) is 18.1. The van der Waals surface area contributed by atoms with E-state index in [1.54, 1.807) is 13.8 Å². The molecule has 1 saturated heterocycles. The largest absolute Gasteiger partial charge is 0.462 e. The standard InChI is InChI=1S/C17H17F3O4/c1-10(11-5-4-6-12(8-11)17(18,19)20)7-13(21)24-14-15(22)23-9-16(14,2)3/h4-8,14H,9H2,1-3H3/b10-7+/t14-/m0/s1. The van der Waals surface area contributed by atoms with Gasteiger partial charge in [-0.1, -0.05) is 26.0 Å². The third kappa shape index (κ3) is 3.96. The average Bonchev–Trinajstić information content (AvgIpc) is 2.73. The normalized spacial score (nSPS) is 20.7. The molecule has 7 heteroatoms. The molecular weight excluding hydrogens is 325 g/mol. The van der Waals surface area contributed by atoms with Crippen LogP contribution in [0, 0.1) is 5.41 Å². The minimum atomic E-state index is -4.46. The Morgan fingerprint density at radius 2 is 2.04 bits per heavy atom. The van der Waals surface area contributed by atoms with Gasteiger partial charge in [0.15, 0.2) is 0 Å². The van der Waals surface area contributed by atoms with Crippen molar-refractivity contribution in [1.82, 2.24) is 0 Å². The molecule has 4 nitrogen and oxygen atoms in total. The van der Waals surface area contributed by atoms with Gasteiger partial charge in [-0.05, 0) is 30.2 Å². The molecule has 1 fully saturated rings. The average molecular weight is 342 g/mol. The van der Waals surface area contributed by atoms with Crippen LogP contribution in [0.2, 0.25) is 0 Å². The lowest BCUT2D eigenvalue weighted by atomic mass is 9.90. The lowest BCUT2D eigenvalue weighted by Gasteiger charge is -2.21. The Hall–Kier alpha value is -2.31. The highest BCUT2D eigenvalue weighted by Gasteiger charge is 2.46. The van der Waals surface area contributed by atoms with Crippen molar-refractivity contribution in [3.63, 3.8) is 0 Å². The molecule has 1 atom stereocenters. The summed E-state index contributed by atoms with van der Waals surface area (Å²) in [4.78, 5) is 23.6. The molecule has 1 aromatic carbocycles. The van der Waals surface area contributed by atoms with E-state index in [0.717, 1.165) is 18.2 Å². The number of rotatable bonds is 3. The van der Waals surface area contributed by atoms with Crippen molar-refractivity contribution in [2.75, 3.05) is 6.61 Å². The molecular formula is C17H17F3O4. The second-order valence-electron chi connectivity index (χ2n) is 6.32. The Labute approximate surface area is 137 Å². The van der Waals surface area contributed by atoms with Crippen LogP contribution in [-0.2, 0) is 25.2 Å². The third-order valence-corrected chi connectivity index (χ3v) is 3.72. The van der Waals surface area contributed by atoms with Crippen LogP contribution in [0.5, 0.6) is 0 Å². The fourth-order valence-corrected chi connectivity index (χ4v) is 2.29. The first-order valence-electron chi connectivity index (χ1n) is 7.24. The van der Waals surface area contributed by atoms with Gasteiger partial charge in [0.25, 0.3) is 0 Å². The summed E-state index contributed by atoms with van der Waals surface area (Å²) >= 11 is 0. The molecule has 0 aromatic heterocycles. The summed E-state index contributed by atoms with van der Waals surface area (Å²) in [6.07, 6.45) is -4.43. The van der Waals surface area contributed by atoms with Gasteiger partial charge < -0.3 is 9.47 Å². The Morgan fingerprint density at radius 3 is 2.58 bits per heavy atom. The summed E-state index contributed by atoms with van der Waals surface area (Å²) in [5.41, 5.74) is -0.906. The van der Waals surface area contributed by atoms with Gasteiger partial charge in [-0.3, -0.25) is 0 Å². The molecule has 0 aliphatic carbocycles. The molecule has 0 amide bonds. The summed E-state index contributed by atoms with van der Waals surface area (Å²) in [6, 6.07) is 4.62. The van der Waals surface area contributed by atoms with Gasteiger partial charge >= 0.3 is 18.1 Å². The molecule has 1 heterocycles. The summed E-state index contributed by atoms with van der Waals surface area (Å²) < 4.78 is 48.2. The number of alkyl halides is 3. The molecule has 0 spiro atoms. The maximum Gasteiger partial charge on any atom is 0.416 e. The zero-order valence-corrected chi connectivity index (χ0v) is 13.4. The van der Waals surface area contributed by atoms with Gasteiger partial charge in [0.1, 0.15) is 6.61 Å². The predicted octanol–water partition coefficient (Wildman–Crippen LogP) is 3.60. The lowest BCUT2D eigenvalue weighted by molar-refractivity contribution is -0.159. The number of hydrogen-bond donors (Lipinski definition) is 0. The van der Waals surface area contributed by atoms with E-state index in [0.29, 0.717) is 5.57 Å². The quantitative estimate of drug-likeness (QED) is 0.622. The molecule has 0 bridgehead atoms. The number of cyclic esters (lactones) is 1. The molecule has 130 valence electrons. The topological polar surface area (TPSA) is 52.6 Å². The van der Waals surface area contributed by atoms with Crippen molar-refractivity contribution in [2.24, 2.45) is 5.41 Å². The zero-order valence-electron chi connectivity index (χ0n) is 13.4. The third-order valence-electron chi connectivity index (χ3n) is 3.72. The Morgan fingerprint density at radius 1 is 1.38 bits per heavy atom. The van der Waals surface area contributed by atoms with E-state index < -0.39 is 35.2 Å². The first-order valence-corrected chi connectivity index (χ1v) is 7.24. The van der Waals surface area contributed by atoms with Crippen LogP contribution < -0.4 is 0 Å². The van der Waals surface area contributed by atoms with Crippen LogP contribution in [-0.4, -0.2) is 24.6 Å². The fourth-order valence-electron chi connectivity index (χ4n) is 2.29. The second-order valence-corrected chi connectivity index (χ2v) is 6.32. The Bertz CT molecular complexity index is 689. The van der Waals surface area contributed by atoms with Crippen LogP contribution in [0.4, 0.5) is 13.2 Å². The van der Waals surface area contributed by atoms with Crippen molar-refractivity contribution in [3.05, 3.63) is 41.5 Å².